The van der Waals surface area contributed by atoms with Gasteiger partial charge in [0.2, 0.25) is 0 Å². The molecule has 1 aromatic rings. The van der Waals surface area contributed by atoms with Crippen LogP contribution in [0.1, 0.15) is 31.1 Å². The first kappa shape index (κ1) is 13.5. The Kier molecular flexibility index (Phi) is 4.49. The third-order valence-corrected chi connectivity index (χ3v) is 2.44. The second-order valence-electron chi connectivity index (χ2n) is 4.40. The maximum Gasteiger partial charge on any atom is 0.257 e. The lowest BCUT2D eigenvalue weighted by molar-refractivity contribution is 0.0742. The highest BCUT2D eigenvalue weighted by Crippen LogP contribution is 2.20. The molecule has 1 N–H and O–H groups in total. The summed E-state index contributed by atoms with van der Waals surface area (Å²) in [6.45, 7) is 6.98. The number of hydrogen-bond donors (Lipinski definition) is 1. The zero-order valence-electron chi connectivity index (χ0n) is 10.4. The van der Waals surface area contributed by atoms with Gasteiger partial charge in [-0.25, -0.2) is 4.39 Å². The Morgan fingerprint density at radius 1 is 1.47 bits per heavy atom. The monoisotopic (exact) mass is 239 g/mol. The van der Waals surface area contributed by atoms with Crippen LogP contribution in [0.2, 0.25) is 0 Å². The van der Waals surface area contributed by atoms with Crippen LogP contribution in [0.15, 0.2) is 18.2 Å². The molecule has 17 heavy (non-hydrogen) atoms. The Labute approximate surface area is 101 Å². The lowest BCUT2D eigenvalue weighted by Crippen LogP contribution is -2.34. The lowest BCUT2D eigenvalue weighted by Gasteiger charge is -2.23. The summed E-state index contributed by atoms with van der Waals surface area (Å²) >= 11 is 0. The average molecular weight is 239 g/mol. The van der Waals surface area contributed by atoms with Crippen LogP contribution in [0.4, 0.5) is 4.39 Å². The normalized spacial score (nSPS) is 10.6. The van der Waals surface area contributed by atoms with Gasteiger partial charge in [0.25, 0.3) is 5.91 Å². The van der Waals surface area contributed by atoms with Crippen molar-refractivity contribution in [3.8, 4) is 5.75 Å². The molecule has 94 valence electrons. The third-order valence-electron chi connectivity index (χ3n) is 2.44. The van der Waals surface area contributed by atoms with Gasteiger partial charge in [0.1, 0.15) is 11.6 Å². The molecule has 0 saturated heterocycles. The molecule has 1 amide bonds. The Morgan fingerprint density at radius 3 is 2.65 bits per heavy atom. The average Bonchev–Trinajstić information content (AvgIpc) is 2.28. The molecule has 0 atom stereocenters. The maximum absolute atomic E-state index is 13.1. The summed E-state index contributed by atoms with van der Waals surface area (Å²) in [6, 6.07) is 3.40. The van der Waals surface area contributed by atoms with Gasteiger partial charge in [-0.15, -0.1) is 0 Å². The van der Waals surface area contributed by atoms with Crippen LogP contribution in [0, 0.1) is 11.7 Å². The predicted octanol–water partition coefficient (Wildman–Crippen LogP) is 2.65. The van der Waals surface area contributed by atoms with Gasteiger partial charge in [-0.2, -0.15) is 0 Å². The van der Waals surface area contributed by atoms with Gasteiger partial charge >= 0.3 is 0 Å². The van der Waals surface area contributed by atoms with E-state index in [0.717, 1.165) is 12.1 Å². The van der Waals surface area contributed by atoms with Crippen molar-refractivity contribution in [2.24, 2.45) is 5.92 Å². The molecule has 0 radical (unpaired) electrons. The largest absolute Gasteiger partial charge is 0.507 e. The fraction of sp³-hybridized carbons (Fsp3) is 0.462. The van der Waals surface area contributed by atoms with Crippen molar-refractivity contribution in [3.05, 3.63) is 29.6 Å². The number of rotatable bonds is 4. The summed E-state index contributed by atoms with van der Waals surface area (Å²) in [4.78, 5) is 13.7. The van der Waals surface area contributed by atoms with Crippen LogP contribution in [0.5, 0.6) is 5.75 Å². The minimum Gasteiger partial charge on any atom is -0.507 e. The molecule has 0 fully saturated rings. The molecule has 0 unspecified atom stereocenters. The molecule has 0 saturated carbocycles. The van der Waals surface area contributed by atoms with Crippen LogP contribution in [0.3, 0.4) is 0 Å². The molecule has 0 spiro atoms. The summed E-state index contributed by atoms with van der Waals surface area (Å²) in [5, 5.41) is 9.57. The third kappa shape index (κ3) is 3.44. The van der Waals surface area contributed by atoms with Crippen molar-refractivity contribution in [3.63, 3.8) is 0 Å². The topological polar surface area (TPSA) is 40.5 Å². The molecule has 0 bridgehead atoms. The molecule has 4 heteroatoms. The Hall–Kier alpha value is -1.58. The van der Waals surface area contributed by atoms with Crippen molar-refractivity contribution >= 4 is 5.91 Å². The van der Waals surface area contributed by atoms with E-state index >= 15 is 0 Å². The summed E-state index contributed by atoms with van der Waals surface area (Å²) in [5.41, 5.74) is 0.0208. The zero-order chi connectivity index (χ0) is 13.0. The number of amides is 1. The smallest absolute Gasteiger partial charge is 0.257 e. The number of hydrogen-bond acceptors (Lipinski definition) is 2. The number of phenolic OH excluding ortho intramolecular Hbond substituents is 1. The molecular formula is C13H18FNO2. The number of benzene rings is 1. The van der Waals surface area contributed by atoms with E-state index in [4.69, 9.17) is 0 Å². The maximum atomic E-state index is 13.1. The molecule has 0 aliphatic rings. The number of halogens is 1. The summed E-state index contributed by atoms with van der Waals surface area (Å²) < 4.78 is 13.1. The van der Waals surface area contributed by atoms with E-state index in [0.29, 0.717) is 19.0 Å². The van der Waals surface area contributed by atoms with E-state index in [-0.39, 0.29) is 17.2 Å². The van der Waals surface area contributed by atoms with Crippen molar-refractivity contribution in [1.29, 1.82) is 0 Å². The van der Waals surface area contributed by atoms with Gasteiger partial charge in [-0.05, 0) is 31.0 Å². The number of phenols is 1. The SMILES string of the molecule is CCN(CC(C)C)C(=O)c1cc(F)ccc1O. The number of carbonyl (C=O) groups is 1. The molecule has 1 aromatic carbocycles. The van der Waals surface area contributed by atoms with Crippen LogP contribution < -0.4 is 0 Å². The minimum atomic E-state index is -0.522. The van der Waals surface area contributed by atoms with Crippen molar-refractivity contribution in [1.82, 2.24) is 4.90 Å². The fourth-order valence-corrected chi connectivity index (χ4v) is 1.65. The van der Waals surface area contributed by atoms with Gasteiger partial charge in [0.05, 0.1) is 5.56 Å². The molecule has 0 heterocycles. The number of aromatic hydroxyl groups is 1. The highest BCUT2D eigenvalue weighted by atomic mass is 19.1. The van der Waals surface area contributed by atoms with Crippen LogP contribution >= 0.6 is 0 Å². The summed E-state index contributed by atoms with van der Waals surface area (Å²) in [6.07, 6.45) is 0. The van der Waals surface area contributed by atoms with E-state index in [1.165, 1.54) is 6.07 Å². The van der Waals surface area contributed by atoms with Crippen molar-refractivity contribution < 1.29 is 14.3 Å². The Morgan fingerprint density at radius 2 is 2.12 bits per heavy atom. The summed E-state index contributed by atoms with van der Waals surface area (Å²) in [7, 11) is 0. The molecule has 0 aliphatic carbocycles. The molecule has 0 aromatic heterocycles. The van der Waals surface area contributed by atoms with Crippen LogP contribution in [0.25, 0.3) is 0 Å². The summed E-state index contributed by atoms with van der Waals surface area (Å²) in [5.74, 6) is -0.710. The highest BCUT2D eigenvalue weighted by Gasteiger charge is 2.19. The molecule has 3 nitrogen and oxygen atoms in total. The van der Waals surface area contributed by atoms with E-state index in [2.05, 4.69) is 0 Å². The van der Waals surface area contributed by atoms with Gasteiger partial charge in [0, 0.05) is 13.1 Å². The lowest BCUT2D eigenvalue weighted by atomic mass is 10.1. The standard InChI is InChI=1S/C13H18FNO2/c1-4-15(8-9(2)3)13(17)11-7-10(14)5-6-12(11)16/h5-7,9,16H,4,8H2,1-3H3. The fourth-order valence-electron chi connectivity index (χ4n) is 1.65. The second-order valence-corrected chi connectivity index (χ2v) is 4.40. The zero-order valence-corrected chi connectivity index (χ0v) is 10.4. The first-order chi connectivity index (χ1) is 7.95. The second kappa shape index (κ2) is 5.66. The number of carbonyl (C=O) groups excluding carboxylic acids is 1. The van der Waals surface area contributed by atoms with E-state index in [1.807, 2.05) is 20.8 Å². The molecular weight excluding hydrogens is 221 g/mol. The predicted molar refractivity (Wildman–Crippen MR) is 64.5 cm³/mol. The Bertz CT molecular complexity index is 404. The first-order valence-electron chi connectivity index (χ1n) is 5.73. The van der Waals surface area contributed by atoms with Gasteiger partial charge in [0.15, 0.2) is 0 Å². The minimum absolute atomic E-state index is 0.0208. The van der Waals surface area contributed by atoms with Gasteiger partial charge < -0.3 is 10.0 Å². The first-order valence-corrected chi connectivity index (χ1v) is 5.73. The van der Waals surface area contributed by atoms with Crippen LogP contribution in [-0.2, 0) is 0 Å². The Balaban J connectivity index is 2.97. The van der Waals surface area contributed by atoms with Crippen molar-refractivity contribution in [2.75, 3.05) is 13.1 Å². The molecule has 0 aliphatic heterocycles. The van der Waals surface area contributed by atoms with E-state index in [1.54, 1.807) is 4.90 Å². The highest BCUT2D eigenvalue weighted by molar-refractivity contribution is 5.96. The quantitative estimate of drug-likeness (QED) is 0.877. The van der Waals surface area contributed by atoms with Crippen LogP contribution in [-0.4, -0.2) is 29.0 Å². The van der Waals surface area contributed by atoms with Crippen molar-refractivity contribution in [2.45, 2.75) is 20.8 Å². The van der Waals surface area contributed by atoms with Gasteiger partial charge in [-0.1, -0.05) is 13.8 Å². The van der Waals surface area contributed by atoms with E-state index in [9.17, 15) is 14.3 Å². The van der Waals surface area contributed by atoms with Gasteiger partial charge in [-0.3, -0.25) is 4.79 Å². The number of nitrogens with zero attached hydrogens (tertiary/aromatic N) is 1. The molecule has 1 rings (SSSR count). The van der Waals surface area contributed by atoms with E-state index < -0.39 is 5.82 Å².